The minimum atomic E-state index is -3.15. The largest absolute Gasteiger partial charge is 0.377 e. The fourth-order valence-electron chi connectivity index (χ4n) is 2.22. The Balaban J connectivity index is 1.97. The molecule has 18 heavy (non-hydrogen) atoms. The van der Waals surface area contributed by atoms with Crippen molar-refractivity contribution in [3.8, 4) is 0 Å². The van der Waals surface area contributed by atoms with Crippen molar-refractivity contribution >= 4 is 15.5 Å². The monoisotopic (exact) mass is 260 g/mol. The van der Waals surface area contributed by atoms with Gasteiger partial charge in [0.15, 0.2) is 9.84 Å². The number of fused-ring (bicyclic) bond motifs is 1. The molecular formula is C13H12N2O2S. The van der Waals surface area contributed by atoms with E-state index < -0.39 is 9.84 Å². The summed E-state index contributed by atoms with van der Waals surface area (Å²) < 4.78 is 24.0. The number of rotatable bonds is 2. The van der Waals surface area contributed by atoms with Crippen LogP contribution in [0.25, 0.3) is 0 Å². The fourth-order valence-corrected chi connectivity index (χ4v) is 3.96. The van der Waals surface area contributed by atoms with Gasteiger partial charge in [0.1, 0.15) is 0 Å². The number of aromatic nitrogens is 1. The van der Waals surface area contributed by atoms with Crippen LogP contribution < -0.4 is 5.32 Å². The van der Waals surface area contributed by atoms with Crippen molar-refractivity contribution in [3.63, 3.8) is 0 Å². The first kappa shape index (κ1) is 11.2. The van der Waals surface area contributed by atoms with E-state index in [0.717, 1.165) is 11.3 Å². The van der Waals surface area contributed by atoms with Gasteiger partial charge in [0, 0.05) is 18.1 Å². The van der Waals surface area contributed by atoms with E-state index in [1.54, 1.807) is 24.5 Å². The average molecular weight is 260 g/mol. The third-order valence-electron chi connectivity index (χ3n) is 3.04. The highest BCUT2D eigenvalue weighted by Gasteiger charge is 2.34. The van der Waals surface area contributed by atoms with Crippen LogP contribution in [0.1, 0.15) is 11.6 Å². The maximum Gasteiger partial charge on any atom is 0.181 e. The zero-order valence-corrected chi connectivity index (χ0v) is 10.4. The second-order valence-corrected chi connectivity index (χ2v) is 6.25. The van der Waals surface area contributed by atoms with Crippen LogP contribution in [0.15, 0.2) is 53.7 Å². The zero-order chi connectivity index (χ0) is 12.6. The van der Waals surface area contributed by atoms with E-state index in [2.05, 4.69) is 10.3 Å². The molecule has 1 N–H and O–H groups in total. The van der Waals surface area contributed by atoms with Gasteiger partial charge in [-0.25, -0.2) is 8.42 Å². The fraction of sp³-hybridized carbons (Fsp3) is 0.154. The molecule has 0 saturated carbocycles. The molecule has 1 unspecified atom stereocenters. The first-order valence-electron chi connectivity index (χ1n) is 5.65. The number of nitrogens with zero attached hydrogens (tertiary/aromatic N) is 1. The summed E-state index contributed by atoms with van der Waals surface area (Å²) >= 11 is 0. The van der Waals surface area contributed by atoms with Gasteiger partial charge in [0.05, 0.1) is 16.7 Å². The lowest BCUT2D eigenvalue weighted by Gasteiger charge is -2.13. The maximum atomic E-state index is 12.0. The van der Waals surface area contributed by atoms with E-state index >= 15 is 0 Å². The van der Waals surface area contributed by atoms with Crippen LogP contribution in [0.2, 0.25) is 0 Å². The van der Waals surface area contributed by atoms with Gasteiger partial charge in [0.2, 0.25) is 0 Å². The van der Waals surface area contributed by atoms with Gasteiger partial charge < -0.3 is 5.32 Å². The molecule has 3 rings (SSSR count). The SMILES string of the molecule is O=S1(=O)CC(Nc2ccncc2)c2ccccc21. The Kier molecular flexibility index (Phi) is 2.56. The summed E-state index contributed by atoms with van der Waals surface area (Å²) in [6, 6.07) is 10.6. The molecule has 0 spiro atoms. The lowest BCUT2D eigenvalue weighted by atomic mass is 10.1. The molecule has 4 nitrogen and oxygen atoms in total. The lowest BCUT2D eigenvalue weighted by Crippen LogP contribution is -2.12. The Morgan fingerprint density at radius 1 is 1.11 bits per heavy atom. The summed E-state index contributed by atoms with van der Waals surface area (Å²) in [7, 11) is -3.15. The van der Waals surface area contributed by atoms with Gasteiger partial charge in [0.25, 0.3) is 0 Å². The van der Waals surface area contributed by atoms with Crippen molar-refractivity contribution in [1.29, 1.82) is 0 Å². The molecule has 2 aromatic rings. The highest BCUT2D eigenvalue weighted by atomic mass is 32.2. The van der Waals surface area contributed by atoms with Crippen molar-refractivity contribution in [2.45, 2.75) is 10.9 Å². The highest BCUT2D eigenvalue weighted by Crippen LogP contribution is 2.35. The predicted molar refractivity (Wildman–Crippen MR) is 69.1 cm³/mol. The van der Waals surface area contributed by atoms with Gasteiger partial charge in [-0.3, -0.25) is 4.98 Å². The summed E-state index contributed by atoms with van der Waals surface area (Å²) in [6.07, 6.45) is 3.36. The van der Waals surface area contributed by atoms with Crippen LogP contribution in [0.3, 0.4) is 0 Å². The van der Waals surface area contributed by atoms with Gasteiger partial charge >= 0.3 is 0 Å². The van der Waals surface area contributed by atoms with Gasteiger partial charge in [-0.15, -0.1) is 0 Å². The lowest BCUT2D eigenvalue weighted by molar-refractivity contribution is 0.598. The van der Waals surface area contributed by atoms with Crippen molar-refractivity contribution in [2.24, 2.45) is 0 Å². The first-order valence-corrected chi connectivity index (χ1v) is 7.30. The molecule has 1 aromatic carbocycles. The Morgan fingerprint density at radius 2 is 1.83 bits per heavy atom. The predicted octanol–water partition coefficient (Wildman–Crippen LogP) is 2.02. The molecule has 92 valence electrons. The quantitative estimate of drug-likeness (QED) is 0.897. The Bertz CT molecular complexity index is 668. The van der Waals surface area contributed by atoms with Crippen LogP contribution >= 0.6 is 0 Å². The summed E-state index contributed by atoms with van der Waals surface area (Å²) in [5.74, 6) is 0.106. The Labute approximate surface area is 106 Å². The average Bonchev–Trinajstić information content (AvgIpc) is 2.63. The summed E-state index contributed by atoms with van der Waals surface area (Å²) in [5, 5.41) is 3.23. The van der Waals surface area contributed by atoms with Crippen molar-refractivity contribution < 1.29 is 8.42 Å². The molecule has 1 atom stereocenters. The molecule has 0 aliphatic carbocycles. The topological polar surface area (TPSA) is 59.1 Å². The van der Waals surface area contributed by atoms with Crippen LogP contribution in [-0.4, -0.2) is 19.2 Å². The van der Waals surface area contributed by atoms with E-state index in [1.807, 2.05) is 24.3 Å². The molecule has 1 aliphatic heterocycles. The van der Waals surface area contributed by atoms with Gasteiger partial charge in [-0.1, -0.05) is 18.2 Å². The number of benzene rings is 1. The molecule has 0 radical (unpaired) electrons. The molecule has 1 aliphatic rings. The number of nitrogens with one attached hydrogen (secondary N) is 1. The Hall–Kier alpha value is -1.88. The van der Waals surface area contributed by atoms with Crippen molar-refractivity contribution in [3.05, 3.63) is 54.4 Å². The normalized spacial score (nSPS) is 20.3. The van der Waals surface area contributed by atoms with E-state index in [-0.39, 0.29) is 11.8 Å². The van der Waals surface area contributed by atoms with E-state index in [1.165, 1.54) is 0 Å². The standard InChI is InChI=1S/C13H12N2O2S/c16-18(17)9-12(11-3-1-2-4-13(11)18)15-10-5-7-14-8-6-10/h1-8,12H,9H2,(H,14,15). The van der Waals surface area contributed by atoms with Gasteiger partial charge in [-0.2, -0.15) is 0 Å². The molecule has 2 heterocycles. The number of pyridine rings is 1. The number of anilines is 1. The Morgan fingerprint density at radius 3 is 2.61 bits per heavy atom. The third-order valence-corrected chi connectivity index (χ3v) is 4.85. The summed E-state index contributed by atoms with van der Waals surface area (Å²) in [5.41, 5.74) is 1.72. The first-order chi connectivity index (χ1) is 8.67. The molecular weight excluding hydrogens is 248 g/mol. The minimum absolute atomic E-state index is 0.106. The van der Waals surface area contributed by atoms with E-state index in [0.29, 0.717) is 4.90 Å². The summed E-state index contributed by atoms with van der Waals surface area (Å²) in [6.45, 7) is 0. The van der Waals surface area contributed by atoms with Crippen LogP contribution in [-0.2, 0) is 9.84 Å². The zero-order valence-electron chi connectivity index (χ0n) is 9.58. The maximum absolute atomic E-state index is 12.0. The van der Waals surface area contributed by atoms with E-state index in [4.69, 9.17) is 0 Å². The molecule has 0 amide bonds. The number of hydrogen-bond acceptors (Lipinski definition) is 4. The van der Waals surface area contributed by atoms with Crippen molar-refractivity contribution in [1.82, 2.24) is 4.98 Å². The molecule has 1 aromatic heterocycles. The smallest absolute Gasteiger partial charge is 0.181 e. The highest BCUT2D eigenvalue weighted by molar-refractivity contribution is 7.91. The van der Waals surface area contributed by atoms with Crippen LogP contribution in [0.5, 0.6) is 0 Å². The van der Waals surface area contributed by atoms with Crippen LogP contribution in [0, 0.1) is 0 Å². The number of hydrogen-bond donors (Lipinski definition) is 1. The second-order valence-electron chi connectivity index (χ2n) is 4.25. The minimum Gasteiger partial charge on any atom is -0.377 e. The second kappa shape index (κ2) is 4.10. The third kappa shape index (κ3) is 1.86. The van der Waals surface area contributed by atoms with Gasteiger partial charge in [-0.05, 0) is 23.8 Å². The molecule has 0 bridgehead atoms. The van der Waals surface area contributed by atoms with Crippen molar-refractivity contribution in [2.75, 3.05) is 11.1 Å². The molecule has 5 heteroatoms. The number of sulfone groups is 1. The summed E-state index contributed by atoms with van der Waals surface area (Å²) in [4.78, 5) is 4.38. The van der Waals surface area contributed by atoms with Crippen LogP contribution in [0.4, 0.5) is 5.69 Å². The molecule has 0 saturated heterocycles. The van der Waals surface area contributed by atoms with E-state index in [9.17, 15) is 8.42 Å². The molecule has 0 fully saturated rings.